The van der Waals surface area contributed by atoms with E-state index in [0.717, 1.165) is 17.7 Å². The second-order valence-electron chi connectivity index (χ2n) is 4.71. The van der Waals surface area contributed by atoms with Crippen molar-refractivity contribution < 1.29 is 5.11 Å². The molecule has 19 heavy (non-hydrogen) atoms. The molecule has 1 aromatic carbocycles. The van der Waals surface area contributed by atoms with Gasteiger partial charge in [-0.15, -0.1) is 11.8 Å². The van der Waals surface area contributed by atoms with Crippen molar-refractivity contribution in [2.24, 2.45) is 0 Å². The largest absolute Gasteiger partial charge is 0.387 e. The summed E-state index contributed by atoms with van der Waals surface area (Å²) in [5, 5.41) is 17.7. The number of hydrogen-bond acceptors (Lipinski definition) is 4. The molecule has 100 valence electrons. The molecule has 2 aromatic rings. The summed E-state index contributed by atoms with van der Waals surface area (Å²) in [7, 11) is 0. The topological polar surface area (TPSA) is 32.3 Å². The fourth-order valence-corrected chi connectivity index (χ4v) is 4.22. The highest BCUT2D eigenvalue weighted by Gasteiger charge is 2.20. The minimum atomic E-state index is -0.409. The number of aliphatic hydroxyl groups excluding tert-OH is 1. The average molecular weight is 291 g/mol. The maximum Gasteiger partial charge on any atom is 0.0922 e. The minimum absolute atomic E-state index is 0.366. The smallest absolute Gasteiger partial charge is 0.0922 e. The summed E-state index contributed by atoms with van der Waals surface area (Å²) in [6, 6.07) is 10.9. The number of rotatable bonds is 4. The number of nitrogens with one attached hydrogen (secondary N) is 1. The van der Waals surface area contributed by atoms with Crippen LogP contribution in [0.2, 0.25) is 0 Å². The number of aliphatic hydroxyl groups is 1. The lowest BCUT2D eigenvalue weighted by atomic mass is 10.0. The monoisotopic (exact) mass is 291 g/mol. The predicted molar refractivity (Wildman–Crippen MR) is 81.8 cm³/mol. The highest BCUT2D eigenvalue weighted by Crippen LogP contribution is 2.35. The number of thiophene rings is 1. The van der Waals surface area contributed by atoms with E-state index in [1.165, 1.54) is 10.5 Å². The van der Waals surface area contributed by atoms with Crippen LogP contribution in [0.25, 0.3) is 0 Å². The van der Waals surface area contributed by atoms with Gasteiger partial charge < -0.3 is 10.4 Å². The molecule has 0 fully saturated rings. The van der Waals surface area contributed by atoms with Gasteiger partial charge in [0.2, 0.25) is 0 Å². The van der Waals surface area contributed by atoms with Crippen LogP contribution in [0.1, 0.15) is 29.7 Å². The summed E-state index contributed by atoms with van der Waals surface area (Å²) in [5.74, 6) is 1.14. The first kappa shape index (κ1) is 13.2. The van der Waals surface area contributed by atoms with E-state index in [1.54, 1.807) is 11.3 Å². The van der Waals surface area contributed by atoms with Crippen LogP contribution in [0.4, 0.5) is 0 Å². The van der Waals surface area contributed by atoms with Gasteiger partial charge in [0.25, 0.3) is 0 Å². The second-order valence-corrected chi connectivity index (χ2v) is 6.63. The standard InChI is InChI=1S/C15H17NOS2/c17-14(11-5-7-18-10-11)9-16-13-6-8-19-15-4-2-1-3-12(13)15/h1-5,7,10,13-14,16-17H,6,8-9H2. The lowest BCUT2D eigenvalue weighted by Gasteiger charge is -2.26. The second kappa shape index (κ2) is 6.09. The summed E-state index contributed by atoms with van der Waals surface area (Å²) < 4.78 is 0. The van der Waals surface area contributed by atoms with Gasteiger partial charge in [-0.05, 0) is 46.2 Å². The molecule has 1 aromatic heterocycles. The molecule has 2 unspecified atom stereocenters. The maximum atomic E-state index is 10.1. The van der Waals surface area contributed by atoms with Gasteiger partial charge in [0.1, 0.15) is 0 Å². The van der Waals surface area contributed by atoms with Crippen molar-refractivity contribution in [3.63, 3.8) is 0 Å². The summed E-state index contributed by atoms with van der Waals surface area (Å²) in [6.07, 6.45) is 0.714. The third-order valence-electron chi connectivity index (χ3n) is 3.44. The summed E-state index contributed by atoms with van der Waals surface area (Å²) in [6.45, 7) is 0.612. The third kappa shape index (κ3) is 3.03. The normalized spacial score (nSPS) is 19.9. The molecule has 0 aliphatic carbocycles. The lowest BCUT2D eigenvalue weighted by Crippen LogP contribution is -2.28. The van der Waals surface area contributed by atoms with Crippen LogP contribution in [0.5, 0.6) is 0 Å². The van der Waals surface area contributed by atoms with Gasteiger partial charge in [0.05, 0.1) is 6.10 Å². The van der Waals surface area contributed by atoms with Crippen LogP contribution in [-0.4, -0.2) is 17.4 Å². The Morgan fingerprint density at radius 3 is 3.05 bits per heavy atom. The molecule has 0 amide bonds. The quantitative estimate of drug-likeness (QED) is 0.902. The Kier molecular flexibility index (Phi) is 4.23. The molecule has 2 nitrogen and oxygen atoms in total. The maximum absolute atomic E-state index is 10.1. The molecule has 0 bridgehead atoms. The Bertz CT molecular complexity index is 527. The van der Waals surface area contributed by atoms with Gasteiger partial charge in [-0.3, -0.25) is 0 Å². The van der Waals surface area contributed by atoms with E-state index in [-0.39, 0.29) is 0 Å². The third-order valence-corrected chi connectivity index (χ3v) is 5.27. The SMILES string of the molecule is OC(CNC1CCSc2ccccc21)c1ccsc1. The van der Waals surface area contributed by atoms with E-state index in [4.69, 9.17) is 0 Å². The molecule has 2 heterocycles. The number of benzene rings is 1. The lowest BCUT2D eigenvalue weighted by molar-refractivity contribution is 0.169. The Morgan fingerprint density at radius 1 is 1.32 bits per heavy atom. The zero-order valence-electron chi connectivity index (χ0n) is 10.6. The van der Waals surface area contributed by atoms with Crippen molar-refractivity contribution in [2.75, 3.05) is 12.3 Å². The highest BCUT2D eigenvalue weighted by atomic mass is 32.2. The van der Waals surface area contributed by atoms with E-state index < -0.39 is 6.10 Å². The Morgan fingerprint density at radius 2 is 2.21 bits per heavy atom. The summed E-state index contributed by atoms with van der Waals surface area (Å²) >= 11 is 3.55. The molecule has 0 radical (unpaired) electrons. The van der Waals surface area contributed by atoms with E-state index >= 15 is 0 Å². The average Bonchev–Trinajstić information content (AvgIpc) is 2.99. The summed E-state index contributed by atoms with van der Waals surface area (Å²) in [4.78, 5) is 1.37. The molecule has 4 heteroatoms. The van der Waals surface area contributed by atoms with Crippen LogP contribution in [0.3, 0.4) is 0 Å². The molecule has 3 rings (SSSR count). The van der Waals surface area contributed by atoms with E-state index in [0.29, 0.717) is 12.6 Å². The van der Waals surface area contributed by atoms with Gasteiger partial charge in [-0.25, -0.2) is 0 Å². The molecule has 0 saturated carbocycles. The van der Waals surface area contributed by atoms with Crippen molar-refractivity contribution >= 4 is 23.1 Å². The first-order valence-electron chi connectivity index (χ1n) is 6.50. The molecule has 0 spiro atoms. The van der Waals surface area contributed by atoms with Crippen LogP contribution < -0.4 is 5.32 Å². The predicted octanol–water partition coefficient (Wildman–Crippen LogP) is 3.61. The van der Waals surface area contributed by atoms with Crippen molar-refractivity contribution in [3.8, 4) is 0 Å². The zero-order valence-corrected chi connectivity index (χ0v) is 12.2. The van der Waals surface area contributed by atoms with Crippen LogP contribution >= 0.6 is 23.1 Å². The van der Waals surface area contributed by atoms with Crippen molar-refractivity contribution in [2.45, 2.75) is 23.5 Å². The van der Waals surface area contributed by atoms with Gasteiger partial charge in [0.15, 0.2) is 0 Å². The number of fused-ring (bicyclic) bond motifs is 1. The Labute approximate surface area is 121 Å². The molecule has 0 saturated heterocycles. The molecule has 2 N–H and O–H groups in total. The fourth-order valence-electron chi connectivity index (χ4n) is 2.39. The first-order valence-corrected chi connectivity index (χ1v) is 8.42. The van der Waals surface area contributed by atoms with Crippen molar-refractivity contribution in [3.05, 3.63) is 52.2 Å². The Balaban J connectivity index is 1.65. The van der Waals surface area contributed by atoms with Gasteiger partial charge >= 0.3 is 0 Å². The fraction of sp³-hybridized carbons (Fsp3) is 0.333. The van der Waals surface area contributed by atoms with Gasteiger partial charge in [0, 0.05) is 17.5 Å². The van der Waals surface area contributed by atoms with Crippen molar-refractivity contribution in [1.29, 1.82) is 0 Å². The molecule has 1 aliphatic heterocycles. The zero-order chi connectivity index (χ0) is 13.1. The van der Waals surface area contributed by atoms with Gasteiger partial charge in [-0.1, -0.05) is 18.2 Å². The number of hydrogen-bond donors (Lipinski definition) is 2. The highest BCUT2D eigenvalue weighted by molar-refractivity contribution is 7.99. The number of thioether (sulfide) groups is 1. The van der Waals surface area contributed by atoms with Crippen molar-refractivity contribution in [1.82, 2.24) is 5.32 Å². The molecular weight excluding hydrogens is 274 g/mol. The summed E-state index contributed by atoms with van der Waals surface area (Å²) in [5.41, 5.74) is 2.38. The van der Waals surface area contributed by atoms with E-state index in [2.05, 4.69) is 29.6 Å². The molecule has 2 atom stereocenters. The Hall–Kier alpha value is -0.810. The van der Waals surface area contributed by atoms with Crippen LogP contribution in [-0.2, 0) is 0 Å². The van der Waals surface area contributed by atoms with Crippen LogP contribution in [0, 0.1) is 0 Å². The molecule has 1 aliphatic rings. The van der Waals surface area contributed by atoms with E-state index in [9.17, 15) is 5.11 Å². The minimum Gasteiger partial charge on any atom is -0.387 e. The first-order chi connectivity index (χ1) is 9.34. The van der Waals surface area contributed by atoms with Crippen LogP contribution in [0.15, 0.2) is 46.0 Å². The van der Waals surface area contributed by atoms with E-state index in [1.807, 2.05) is 28.6 Å². The van der Waals surface area contributed by atoms with Gasteiger partial charge in [-0.2, -0.15) is 11.3 Å². The molecular formula is C15H17NOS2.